The second kappa shape index (κ2) is 9.73. The molecule has 0 radical (unpaired) electrons. The van der Waals surface area contributed by atoms with E-state index in [1.54, 1.807) is 0 Å². The maximum Gasteiger partial charge on any atom is 0.276 e. The second-order valence-corrected chi connectivity index (χ2v) is 9.82. The Morgan fingerprint density at radius 3 is 2.66 bits per heavy atom. The topological polar surface area (TPSA) is 102 Å². The molecule has 0 aliphatic carbocycles. The molecule has 186 valence electrons. The molecule has 1 aliphatic rings. The molecule has 2 heterocycles. The van der Waals surface area contributed by atoms with Crippen molar-refractivity contribution in [2.75, 3.05) is 11.9 Å². The molecule has 12 heteroatoms. The summed E-state index contributed by atoms with van der Waals surface area (Å²) in [5.41, 5.74) is 3.84. The minimum absolute atomic E-state index is 0.0371. The normalized spacial score (nSPS) is 24.0. The van der Waals surface area contributed by atoms with Crippen molar-refractivity contribution in [3.63, 3.8) is 0 Å². The molecule has 0 spiro atoms. The van der Waals surface area contributed by atoms with E-state index in [4.69, 9.17) is 16.9 Å². The molecule has 3 atom stereocenters. The van der Waals surface area contributed by atoms with Crippen LogP contribution in [0.15, 0.2) is 23.3 Å². The summed E-state index contributed by atoms with van der Waals surface area (Å²) in [6, 6.07) is 1.92. The minimum Gasteiger partial charge on any atom is -0.463 e. The maximum atomic E-state index is 15.0. The Kier molecular flexibility index (Phi) is 7.31. The van der Waals surface area contributed by atoms with Gasteiger partial charge in [0.25, 0.3) is 12.3 Å². The number of benzene rings is 1. The highest BCUT2D eigenvalue weighted by Gasteiger charge is 2.54. The highest BCUT2D eigenvalue weighted by molar-refractivity contribution is 8.15. The first-order valence-corrected chi connectivity index (χ1v) is 11.2. The van der Waals surface area contributed by atoms with E-state index < -0.39 is 40.2 Å². The van der Waals surface area contributed by atoms with Crippen molar-refractivity contribution >= 4 is 28.5 Å². The average Bonchev–Trinajstić information content (AvgIpc) is 2.78. The Bertz CT molecular complexity index is 1240. The first kappa shape index (κ1) is 26.3. The number of nitrogens with two attached hydrogens (primary N) is 1. The van der Waals surface area contributed by atoms with E-state index in [1.165, 1.54) is 33.9 Å². The molecule has 0 unspecified atom stereocenters. The van der Waals surface area contributed by atoms with Crippen LogP contribution in [0.25, 0.3) is 0 Å². The molecular weight excluding hydrogens is 486 g/mol. The highest BCUT2D eigenvalue weighted by atomic mass is 32.2. The van der Waals surface area contributed by atoms with Crippen molar-refractivity contribution in [1.29, 1.82) is 0 Å². The van der Waals surface area contributed by atoms with Crippen LogP contribution in [-0.4, -0.2) is 38.8 Å². The van der Waals surface area contributed by atoms with Crippen LogP contribution in [-0.2, 0) is 5.54 Å². The molecule has 0 saturated heterocycles. The molecule has 0 bridgehead atoms. The van der Waals surface area contributed by atoms with E-state index in [9.17, 15) is 22.4 Å². The number of amides is 1. The largest absolute Gasteiger partial charge is 0.463 e. The number of aromatic nitrogens is 2. The number of carbonyl (C=O) groups is 1. The zero-order valence-corrected chi connectivity index (χ0v) is 20.1. The molecular formula is C23H23F4N5O2S. The molecule has 0 fully saturated rings. The van der Waals surface area contributed by atoms with Gasteiger partial charge in [0, 0.05) is 23.2 Å². The fraction of sp³-hybridized carbons (Fsp3) is 0.391. The second-order valence-electron chi connectivity index (χ2n) is 8.31. The summed E-state index contributed by atoms with van der Waals surface area (Å²) in [7, 11) is 0. The van der Waals surface area contributed by atoms with E-state index >= 15 is 0 Å². The summed E-state index contributed by atoms with van der Waals surface area (Å²) in [6.07, 6.45) is 3.50. The van der Waals surface area contributed by atoms with Gasteiger partial charge in [0.1, 0.15) is 5.69 Å². The third-order valence-corrected chi connectivity index (χ3v) is 7.35. The van der Waals surface area contributed by atoms with Crippen LogP contribution >= 0.6 is 11.8 Å². The summed E-state index contributed by atoms with van der Waals surface area (Å²) < 4.78 is 61.0. The first-order chi connectivity index (χ1) is 16.3. The maximum absolute atomic E-state index is 15.0. The number of hydrogen-bond donors (Lipinski definition) is 2. The van der Waals surface area contributed by atoms with Gasteiger partial charge in [-0.3, -0.25) is 9.79 Å². The number of carbonyl (C=O) groups excluding carboxylic acids is 1. The lowest BCUT2D eigenvalue weighted by molar-refractivity contribution is 0.0571. The molecule has 3 N–H and O–H groups in total. The van der Waals surface area contributed by atoms with Gasteiger partial charge < -0.3 is 15.8 Å². The smallest absolute Gasteiger partial charge is 0.276 e. The number of nitrogens with zero attached hydrogens (tertiary/aromatic N) is 3. The van der Waals surface area contributed by atoms with Gasteiger partial charge in [0.2, 0.25) is 5.88 Å². The van der Waals surface area contributed by atoms with Gasteiger partial charge in [-0.2, -0.15) is 0 Å². The number of nitrogens with one attached hydrogen (secondary N) is 1. The molecule has 7 nitrogen and oxygen atoms in total. The monoisotopic (exact) mass is 509 g/mol. The summed E-state index contributed by atoms with van der Waals surface area (Å²) in [5.74, 6) is -1.90. The van der Waals surface area contributed by atoms with Crippen molar-refractivity contribution < 1.29 is 27.1 Å². The van der Waals surface area contributed by atoms with Crippen LogP contribution in [0.3, 0.4) is 0 Å². The van der Waals surface area contributed by atoms with Gasteiger partial charge in [-0.25, -0.2) is 27.5 Å². The lowest BCUT2D eigenvalue weighted by atomic mass is 9.73. The first-order valence-electron chi connectivity index (χ1n) is 10.4. The van der Waals surface area contributed by atoms with Crippen molar-refractivity contribution in [2.45, 2.75) is 44.4 Å². The molecule has 2 aromatic rings. The van der Waals surface area contributed by atoms with E-state index in [0.717, 1.165) is 12.1 Å². The van der Waals surface area contributed by atoms with Gasteiger partial charge in [0.05, 0.1) is 22.2 Å². The van der Waals surface area contributed by atoms with Gasteiger partial charge in [-0.1, -0.05) is 24.6 Å². The van der Waals surface area contributed by atoms with Crippen molar-refractivity contribution in [3.05, 3.63) is 46.9 Å². The van der Waals surface area contributed by atoms with E-state index in [0.29, 0.717) is 11.8 Å². The van der Waals surface area contributed by atoms with Gasteiger partial charge in [-0.15, -0.1) is 6.42 Å². The predicted octanol–water partition coefficient (Wildman–Crippen LogP) is 4.26. The average molecular weight is 510 g/mol. The number of ether oxygens (including phenoxy) is 1. The minimum atomic E-state index is -2.82. The Morgan fingerprint density at radius 2 is 2.06 bits per heavy atom. The Hall–Kier alpha value is -3.33. The van der Waals surface area contributed by atoms with Crippen molar-refractivity contribution in [1.82, 2.24) is 9.97 Å². The summed E-state index contributed by atoms with van der Waals surface area (Å²) >= 11 is 0.687. The number of rotatable bonds is 6. The number of aliphatic imine (C=N–C) groups is 1. The van der Waals surface area contributed by atoms with Gasteiger partial charge in [-0.05, 0) is 26.8 Å². The fourth-order valence-electron chi connectivity index (χ4n) is 3.84. The van der Waals surface area contributed by atoms with Crippen LogP contribution in [0.4, 0.5) is 23.2 Å². The summed E-state index contributed by atoms with van der Waals surface area (Å²) in [6.45, 7) is 5.64. The number of halogens is 4. The van der Waals surface area contributed by atoms with Crippen LogP contribution in [0, 0.1) is 36.8 Å². The lowest BCUT2D eigenvalue weighted by Crippen LogP contribution is -2.52. The Morgan fingerprint density at radius 1 is 1.37 bits per heavy atom. The number of thioether (sulfide) groups is 1. The molecule has 0 saturated carbocycles. The molecule has 1 aromatic carbocycles. The van der Waals surface area contributed by atoms with Crippen LogP contribution in [0.1, 0.15) is 42.5 Å². The van der Waals surface area contributed by atoms with E-state index in [1.807, 2.05) is 0 Å². The van der Waals surface area contributed by atoms with Crippen LogP contribution in [0.5, 0.6) is 5.88 Å². The Labute approximate surface area is 204 Å². The SMILES string of the molecule is C#CCOc1cnc(C(=O)Nc2cc(F)c(F)c([C@@]3(C)N=C(N)S[C@](C)(C(F)F)[C@H]3C)c2)c(C)n1. The molecule has 35 heavy (non-hydrogen) atoms. The fourth-order valence-corrected chi connectivity index (χ4v) is 5.02. The molecule has 1 aromatic heterocycles. The summed E-state index contributed by atoms with van der Waals surface area (Å²) in [5, 5.41) is 2.26. The van der Waals surface area contributed by atoms with Gasteiger partial charge >= 0.3 is 0 Å². The van der Waals surface area contributed by atoms with Crippen molar-refractivity contribution in [3.8, 4) is 18.2 Å². The van der Waals surface area contributed by atoms with Crippen LogP contribution in [0.2, 0.25) is 0 Å². The predicted molar refractivity (Wildman–Crippen MR) is 126 cm³/mol. The Balaban J connectivity index is 1.99. The number of anilines is 1. The lowest BCUT2D eigenvalue weighted by Gasteiger charge is -2.46. The van der Waals surface area contributed by atoms with E-state index in [-0.39, 0.29) is 40.3 Å². The third kappa shape index (κ3) is 4.91. The van der Waals surface area contributed by atoms with Crippen molar-refractivity contribution in [2.24, 2.45) is 16.6 Å². The van der Waals surface area contributed by atoms with Gasteiger partial charge in [0.15, 0.2) is 23.4 Å². The molecule has 1 aliphatic heterocycles. The zero-order valence-electron chi connectivity index (χ0n) is 19.3. The number of alkyl halides is 2. The quantitative estimate of drug-likeness (QED) is 0.446. The number of hydrogen-bond acceptors (Lipinski definition) is 7. The standard InChI is InChI=1S/C23H23F4N5O2S/c1-6-7-34-16-10-29-18(11(2)30-16)19(33)31-13-8-14(17(25)15(24)9-13)22(4)12(3)23(5,20(26)27)35-21(28)32-22/h1,8-10,12,20H,7H2,2-5H3,(H2,28,32)(H,31,33)/t12-,22-,23-/m0/s1. The number of amidine groups is 1. The highest BCUT2D eigenvalue weighted by Crippen LogP contribution is 2.53. The number of terminal acetylenes is 1. The number of aryl methyl sites for hydroxylation is 1. The third-order valence-electron chi connectivity index (χ3n) is 6.08. The molecule has 1 amide bonds. The zero-order chi connectivity index (χ0) is 26.1. The van der Waals surface area contributed by atoms with Crippen LogP contribution < -0.4 is 15.8 Å². The molecule has 3 rings (SSSR count). The van der Waals surface area contributed by atoms with E-state index in [2.05, 4.69) is 26.2 Å². The summed E-state index contributed by atoms with van der Waals surface area (Å²) in [4.78, 5) is 25.1.